The maximum atomic E-state index is 13.8. The Morgan fingerprint density at radius 3 is 2.24 bits per heavy atom. The van der Waals surface area contributed by atoms with E-state index in [0.717, 1.165) is 0 Å². The molecule has 0 bridgehead atoms. The Bertz CT molecular complexity index is 1180. The van der Waals surface area contributed by atoms with Gasteiger partial charge in [-0.25, -0.2) is 4.79 Å². The monoisotopic (exact) mass is 513 g/mol. The fraction of sp³-hybridized carbons (Fsp3) is 0.500. The molecule has 0 spiro atoms. The van der Waals surface area contributed by atoms with Crippen LogP contribution in [0.15, 0.2) is 24.3 Å². The molecule has 0 saturated carbocycles. The van der Waals surface area contributed by atoms with Crippen molar-refractivity contribution in [3.8, 4) is 5.75 Å². The summed E-state index contributed by atoms with van der Waals surface area (Å²) >= 11 is 0. The first kappa shape index (κ1) is 27.7. The molecule has 11 nitrogen and oxygen atoms in total. The van der Waals surface area contributed by atoms with E-state index in [1.165, 1.54) is 14.2 Å². The lowest BCUT2D eigenvalue weighted by Crippen LogP contribution is -2.56. The summed E-state index contributed by atoms with van der Waals surface area (Å²) in [6.07, 6.45) is 0.000883. The molecule has 11 heteroatoms. The average molecular weight is 514 g/mol. The number of carbonyl (C=O) groups excluding carboxylic acids is 4. The third-order valence-corrected chi connectivity index (χ3v) is 6.18. The summed E-state index contributed by atoms with van der Waals surface area (Å²) in [6, 6.07) is 6.88. The molecule has 1 saturated heterocycles. The van der Waals surface area contributed by atoms with Gasteiger partial charge in [0, 0.05) is 43.5 Å². The van der Waals surface area contributed by atoms with Crippen LogP contribution in [0.25, 0.3) is 10.9 Å². The molecule has 37 heavy (non-hydrogen) atoms. The number of piperazine rings is 1. The summed E-state index contributed by atoms with van der Waals surface area (Å²) in [7, 11) is 2.69. The van der Waals surface area contributed by atoms with E-state index in [-0.39, 0.29) is 47.3 Å². The molecule has 4 amide bonds. The summed E-state index contributed by atoms with van der Waals surface area (Å²) in [6.45, 7) is 6.97. The minimum atomic E-state index is -0.949. The number of hydrogen-bond acceptors (Lipinski definition) is 7. The van der Waals surface area contributed by atoms with Gasteiger partial charge in [-0.3, -0.25) is 19.4 Å². The molecule has 2 aromatic rings. The van der Waals surface area contributed by atoms with Gasteiger partial charge in [-0.15, -0.1) is 0 Å². The zero-order chi connectivity index (χ0) is 27.3. The molecule has 1 atom stereocenters. The standard InChI is InChI=1S/C26H35N5O6/c1-26(2,3)29-25(35)31-14-12-30(13-15-31)24(34)17(10-11-19(32)36-4)21-20(23(27)33)22(37-5)16-8-6-7-9-18(16)28-21/h6-9,17H,10-15H2,1-5H3,(H2,27,33)(H,29,35). The number of para-hydroxylation sites is 1. The van der Waals surface area contributed by atoms with Gasteiger partial charge in [0.25, 0.3) is 5.91 Å². The first-order valence-corrected chi connectivity index (χ1v) is 12.2. The van der Waals surface area contributed by atoms with Crippen LogP contribution in [0.4, 0.5) is 4.79 Å². The van der Waals surface area contributed by atoms with Gasteiger partial charge in [0.1, 0.15) is 11.3 Å². The zero-order valence-corrected chi connectivity index (χ0v) is 22.0. The molecule has 200 valence electrons. The predicted octanol–water partition coefficient (Wildman–Crippen LogP) is 2.03. The number of methoxy groups -OCH3 is 2. The second-order valence-electron chi connectivity index (χ2n) is 9.95. The Kier molecular flexibility index (Phi) is 8.57. The molecule has 3 rings (SSSR count). The molecule has 2 heterocycles. The van der Waals surface area contributed by atoms with Crippen LogP contribution in [-0.4, -0.2) is 84.5 Å². The van der Waals surface area contributed by atoms with E-state index < -0.39 is 17.8 Å². The number of aromatic nitrogens is 1. The van der Waals surface area contributed by atoms with Crippen molar-refractivity contribution in [2.24, 2.45) is 5.73 Å². The number of rotatable bonds is 7. The third-order valence-electron chi connectivity index (χ3n) is 6.18. The Labute approximate surface area is 216 Å². The van der Waals surface area contributed by atoms with Crippen molar-refractivity contribution in [2.45, 2.75) is 45.1 Å². The molecule has 1 aromatic heterocycles. The van der Waals surface area contributed by atoms with Crippen LogP contribution in [0.2, 0.25) is 0 Å². The second kappa shape index (κ2) is 11.4. The number of pyridine rings is 1. The van der Waals surface area contributed by atoms with Crippen molar-refractivity contribution in [3.05, 3.63) is 35.5 Å². The lowest BCUT2D eigenvalue weighted by molar-refractivity contribution is -0.141. The highest BCUT2D eigenvalue weighted by Crippen LogP contribution is 2.36. The van der Waals surface area contributed by atoms with E-state index in [1.807, 2.05) is 20.8 Å². The predicted molar refractivity (Wildman–Crippen MR) is 137 cm³/mol. The Balaban J connectivity index is 1.96. The van der Waals surface area contributed by atoms with Crippen molar-refractivity contribution in [1.82, 2.24) is 20.1 Å². The van der Waals surface area contributed by atoms with Gasteiger partial charge in [-0.05, 0) is 39.3 Å². The zero-order valence-electron chi connectivity index (χ0n) is 22.0. The van der Waals surface area contributed by atoms with Crippen molar-refractivity contribution in [3.63, 3.8) is 0 Å². The average Bonchev–Trinajstić information content (AvgIpc) is 2.86. The van der Waals surface area contributed by atoms with E-state index in [9.17, 15) is 19.2 Å². The van der Waals surface area contributed by atoms with Crippen LogP contribution < -0.4 is 15.8 Å². The number of ether oxygens (including phenoxy) is 2. The smallest absolute Gasteiger partial charge is 0.317 e. The van der Waals surface area contributed by atoms with Gasteiger partial charge < -0.3 is 30.3 Å². The molecule has 1 aliphatic heterocycles. The molecule has 1 aromatic carbocycles. The number of esters is 1. The van der Waals surface area contributed by atoms with E-state index >= 15 is 0 Å². The Hall–Kier alpha value is -3.89. The lowest BCUT2D eigenvalue weighted by Gasteiger charge is -2.37. The minimum absolute atomic E-state index is 0.00704. The topological polar surface area (TPSA) is 144 Å². The first-order chi connectivity index (χ1) is 17.5. The van der Waals surface area contributed by atoms with E-state index in [2.05, 4.69) is 10.3 Å². The quantitative estimate of drug-likeness (QED) is 0.539. The second-order valence-corrected chi connectivity index (χ2v) is 9.95. The van der Waals surface area contributed by atoms with E-state index in [4.69, 9.17) is 15.2 Å². The summed E-state index contributed by atoms with van der Waals surface area (Å²) in [5.41, 5.74) is 6.07. The fourth-order valence-corrected chi connectivity index (χ4v) is 4.39. The van der Waals surface area contributed by atoms with E-state index in [0.29, 0.717) is 37.1 Å². The molecular formula is C26H35N5O6. The molecule has 0 aliphatic carbocycles. The highest BCUT2D eigenvalue weighted by molar-refractivity contribution is 6.04. The van der Waals surface area contributed by atoms with E-state index in [1.54, 1.807) is 34.1 Å². The van der Waals surface area contributed by atoms with Crippen molar-refractivity contribution in [1.29, 1.82) is 0 Å². The van der Waals surface area contributed by atoms with Gasteiger partial charge in [-0.2, -0.15) is 0 Å². The molecule has 3 N–H and O–H groups in total. The molecular weight excluding hydrogens is 478 g/mol. The lowest BCUT2D eigenvalue weighted by atomic mass is 9.91. The SMILES string of the molecule is COC(=O)CCC(C(=O)N1CCN(C(=O)NC(C)(C)C)CC1)c1nc2ccccc2c(OC)c1C(N)=O. The van der Waals surface area contributed by atoms with Gasteiger partial charge >= 0.3 is 12.0 Å². The number of fused-ring (bicyclic) bond motifs is 1. The third kappa shape index (κ3) is 6.46. The van der Waals surface area contributed by atoms with Crippen molar-refractivity contribution >= 4 is 34.7 Å². The van der Waals surface area contributed by atoms with Crippen LogP contribution >= 0.6 is 0 Å². The maximum absolute atomic E-state index is 13.8. The molecule has 1 fully saturated rings. The highest BCUT2D eigenvalue weighted by Gasteiger charge is 2.35. The largest absolute Gasteiger partial charge is 0.495 e. The van der Waals surface area contributed by atoms with Crippen LogP contribution in [-0.2, 0) is 14.3 Å². The van der Waals surface area contributed by atoms with Crippen molar-refractivity contribution in [2.75, 3.05) is 40.4 Å². The Morgan fingerprint density at radius 2 is 1.68 bits per heavy atom. The summed E-state index contributed by atoms with van der Waals surface area (Å²) in [5, 5.41) is 3.51. The highest BCUT2D eigenvalue weighted by atomic mass is 16.5. The minimum Gasteiger partial charge on any atom is -0.495 e. The van der Waals surface area contributed by atoms with Gasteiger partial charge in [0.15, 0.2) is 0 Å². The summed E-state index contributed by atoms with van der Waals surface area (Å²) < 4.78 is 10.3. The molecule has 1 aliphatic rings. The summed E-state index contributed by atoms with van der Waals surface area (Å²) in [4.78, 5) is 58.9. The molecule has 1 unspecified atom stereocenters. The fourth-order valence-electron chi connectivity index (χ4n) is 4.39. The van der Waals surface area contributed by atoms with Crippen molar-refractivity contribution < 1.29 is 28.7 Å². The summed E-state index contributed by atoms with van der Waals surface area (Å²) in [5.74, 6) is -2.31. The number of nitrogens with one attached hydrogen (secondary N) is 1. The first-order valence-electron chi connectivity index (χ1n) is 12.2. The van der Waals surface area contributed by atoms with Crippen LogP contribution in [0.5, 0.6) is 5.75 Å². The number of hydrogen-bond donors (Lipinski definition) is 2. The van der Waals surface area contributed by atoms with Crippen LogP contribution in [0, 0.1) is 0 Å². The number of nitrogens with zero attached hydrogens (tertiary/aromatic N) is 3. The van der Waals surface area contributed by atoms with Gasteiger partial charge in [0.2, 0.25) is 5.91 Å². The normalized spacial score (nSPS) is 14.7. The van der Waals surface area contributed by atoms with Gasteiger partial charge in [-0.1, -0.05) is 12.1 Å². The number of primary amides is 1. The Morgan fingerprint density at radius 1 is 1.05 bits per heavy atom. The van der Waals surface area contributed by atoms with Gasteiger partial charge in [0.05, 0.1) is 31.3 Å². The van der Waals surface area contributed by atoms with Crippen LogP contribution in [0.3, 0.4) is 0 Å². The number of benzene rings is 1. The maximum Gasteiger partial charge on any atom is 0.317 e. The number of urea groups is 1. The number of amides is 4. The van der Waals surface area contributed by atoms with Crippen LogP contribution in [0.1, 0.15) is 55.6 Å². The molecule has 0 radical (unpaired) electrons. The number of nitrogens with two attached hydrogens (primary N) is 1. The number of carbonyl (C=O) groups is 4.